The SMILES string of the molecule is Cc1ccc(C(=O)NC2CCN(C(=O)c3ccc(NS(C)(=O)=O)cc3)CC2)cc1C. The maximum absolute atomic E-state index is 12.7. The van der Waals surface area contributed by atoms with Crippen molar-refractivity contribution >= 4 is 27.5 Å². The van der Waals surface area contributed by atoms with Crippen molar-refractivity contribution in [2.45, 2.75) is 32.7 Å². The molecule has 2 aromatic carbocycles. The number of anilines is 1. The Morgan fingerprint density at radius 3 is 2.10 bits per heavy atom. The van der Waals surface area contributed by atoms with Crippen LogP contribution in [0.4, 0.5) is 5.69 Å². The van der Waals surface area contributed by atoms with Crippen LogP contribution in [0.1, 0.15) is 44.7 Å². The molecule has 0 saturated carbocycles. The highest BCUT2D eigenvalue weighted by molar-refractivity contribution is 7.92. The van der Waals surface area contributed by atoms with E-state index >= 15 is 0 Å². The molecule has 0 radical (unpaired) electrons. The van der Waals surface area contributed by atoms with Gasteiger partial charge in [-0.25, -0.2) is 8.42 Å². The monoisotopic (exact) mass is 429 g/mol. The van der Waals surface area contributed by atoms with E-state index in [9.17, 15) is 18.0 Å². The molecule has 1 heterocycles. The van der Waals surface area contributed by atoms with E-state index in [1.165, 1.54) is 0 Å². The third-order valence-corrected chi connectivity index (χ3v) is 5.93. The van der Waals surface area contributed by atoms with E-state index in [1.54, 1.807) is 29.2 Å². The predicted molar refractivity (Wildman–Crippen MR) is 117 cm³/mol. The highest BCUT2D eigenvalue weighted by atomic mass is 32.2. The Hall–Kier alpha value is -2.87. The van der Waals surface area contributed by atoms with Crippen molar-refractivity contribution in [3.05, 3.63) is 64.7 Å². The van der Waals surface area contributed by atoms with Gasteiger partial charge in [0.15, 0.2) is 0 Å². The largest absolute Gasteiger partial charge is 0.349 e. The topological polar surface area (TPSA) is 95.6 Å². The lowest BCUT2D eigenvalue weighted by Crippen LogP contribution is -2.46. The lowest BCUT2D eigenvalue weighted by Gasteiger charge is -2.32. The average molecular weight is 430 g/mol. The molecule has 2 aromatic rings. The van der Waals surface area contributed by atoms with Gasteiger partial charge in [-0.3, -0.25) is 14.3 Å². The quantitative estimate of drug-likeness (QED) is 0.764. The molecular formula is C22H27N3O4S. The Labute approximate surface area is 177 Å². The minimum absolute atomic E-state index is 0.0319. The average Bonchev–Trinajstić information content (AvgIpc) is 2.69. The Bertz CT molecular complexity index is 1040. The van der Waals surface area contributed by atoms with Crippen LogP contribution in [0.5, 0.6) is 0 Å². The van der Waals surface area contributed by atoms with E-state index in [-0.39, 0.29) is 17.9 Å². The Balaban J connectivity index is 1.54. The summed E-state index contributed by atoms with van der Waals surface area (Å²) in [7, 11) is -3.35. The molecule has 30 heavy (non-hydrogen) atoms. The van der Waals surface area contributed by atoms with Gasteiger partial charge in [-0.15, -0.1) is 0 Å². The van der Waals surface area contributed by atoms with Crippen LogP contribution < -0.4 is 10.0 Å². The number of benzene rings is 2. The van der Waals surface area contributed by atoms with Crippen LogP contribution in [0.15, 0.2) is 42.5 Å². The van der Waals surface area contributed by atoms with Crippen LogP contribution in [-0.4, -0.2) is 50.5 Å². The molecule has 1 aliphatic heterocycles. The van der Waals surface area contributed by atoms with Crippen LogP contribution in [0.3, 0.4) is 0 Å². The van der Waals surface area contributed by atoms with Crippen molar-refractivity contribution < 1.29 is 18.0 Å². The number of carbonyl (C=O) groups is 2. The number of amides is 2. The lowest BCUT2D eigenvalue weighted by molar-refractivity contribution is 0.0698. The van der Waals surface area contributed by atoms with Gasteiger partial charge in [0.25, 0.3) is 11.8 Å². The maximum atomic E-state index is 12.7. The van der Waals surface area contributed by atoms with Gasteiger partial charge in [-0.2, -0.15) is 0 Å². The molecule has 1 aliphatic rings. The van der Waals surface area contributed by atoms with Crippen molar-refractivity contribution in [2.24, 2.45) is 0 Å². The zero-order valence-electron chi connectivity index (χ0n) is 17.4. The first-order valence-corrected chi connectivity index (χ1v) is 11.8. The summed E-state index contributed by atoms with van der Waals surface area (Å²) in [5, 5.41) is 3.07. The Kier molecular flexibility index (Phi) is 6.45. The van der Waals surface area contributed by atoms with E-state index in [1.807, 2.05) is 32.0 Å². The van der Waals surface area contributed by atoms with Gasteiger partial charge in [0.2, 0.25) is 10.0 Å². The van der Waals surface area contributed by atoms with Gasteiger partial charge >= 0.3 is 0 Å². The summed E-state index contributed by atoms with van der Waals surface area (Å²) < 4.78 is 24.9. The zero-order valence-corrected chi connectivity index (χ0v) is 18.3. The fourth-order valence-corrected chi connectivity index (χ4v) is 4.02. The van der Waals surface area contributed by atoms with Crippen molar-refractivity contribution in [1.29, 1.82) is 0 Å². The van der Waals surface area contributed by atoms with Crippen LogP contribution in [0, 0.1) is 13.8 Å². The molecule has 1 saturated heterocycles. The molecule has 7 nitrogen and oxygen atoms in total. The number of piperidine rings is 1. The third-order valence-electron chi connectivity index (χ3n) is 5.32. The number of nitrogens with one attached hydrogen (secondary N) is 2. The van der Waals surface area contributed by atoms with Crippen molar-refractivity contribution in [3.63, 3.8) is 0 Å². The molecular weight excluding hydrogens is 402 g/mol. The standard InChI is InChI=1S/C22H27N3O4S/c1-15-4-5-18(14-16(15)2)21(26)23-19-10-12-25(13-11-19)22(27)17-6-8-20(9-7-17)24-30(3,28)29/h4-9,14,19,24H,10-13H2,1-3H3,(H,23,26). The molecule has 2 amide bonds. The van der Waals surface area contributed by atoms with E-state index < -0.39 is 10.0 Å². The summed E-state index contributed by atoms with van der Waals surface area (Å²) in [5.41, 5.74) is 3.81. The van der Waals surface area contributed by atoms with E-state index in [4.69, 9.17) is 0 Å². The van der Waals surface area contributed by atoms with Gasteiger partial charge in [-0.05, 0) is 74.2 Å². The molecule has 0 atom stereocenters. The summed E-state index contributed by atoms with van der Waals surface area (Å²) in [6.07, 6.45) is 2.46. The predicted octanol–water partition coefficient (Wildman–Crippen LogP) is 2.71. The van der Waals surface area contributed by atoms with Crippen molar-refractivity contribution in [2.75, 3.05) is 24.1 Å². The molecule has 0 aromatic heterocycles. The minimum Gasteiger partial charge on any atom is -0.349 e. The second kappa shape index (κ2) is 8.87. The molecule has 0 bridgehead atoms. The highest BCUT2D eigenvalue weighted by Crippen LogP contribution is 2.17. The smallest absolute Gasteiger partial charge is 0.253 e. The Morgan fingerprint density at radius 2 is 1.53 bits per heavy atom. The molecule has 160 valence electrons. The molecule has 3 rings (SSSR count). The number of nitrogens with zero attached hydrogens (tertiary/aromatic N) is 1. The second-order valence-corrected chi connectivity index (χ2v) is 9.54. The normalized spacial score (nSPS) is 15.0. The van der Waals surface area contributed by atoms with Gasteiger partial charge in [0.1, 0.15) is 0 Å². The summed E-state index contributed by atoms with van der Waals surface area (Å²) in [6, 6.07) is 12.1. The molecule has 0 aliphatic carbocycles. The second-order valence-electron chi connectivity index (χ2n) is 7.79. The first-order chi connectivity index (χ1) is 14.1. The molecule has 0 spiro atoms. The summed E-state index contributed by atoms with van der Waals surface area (Å²) in [6.45, 7) is 5.11. The maximum Gasteiger partial charge on any atom is 0.253 e. The van der Waals surface area contributed by atoms with Crippen LogP contribution >= 0.6 is 0 Å². The van der Waals surface area contributed by atoms with Crippen LogP contribution in [0.25, 0.3) is 0 Å². The fraction of sp³-hybridized carbons (Fsp3) is 0.364. The first kappa shape index (κ1) is 21.8. The van der Waals surface area contributed by atoms with Crippen LogP contribution in [-0.2, 0) is 10.0 Å². The molecule has 2 N–H and O–H groups in total. The summed E-state index contributed by atoms with van der Waals surface area (Å²) in [4.78, 5) is 27.0. The number of hydrogen-bond donors (Lipinski definition) is 2. The number of aryl methyl sites for hydroxylation is 2. The highest BCUT2D eigenvalue weighted by Gasteiger charge is 2.25. The van der Waals surface area contributed by atoms with Gasteiger partial charge in [0, 0.05) is 35.9 Å². The molecule has 1 fully saturated rings. The number of rotatable bonds is 5. The minimum atomic E-state index is -3.35. The number of carbonyl (C=O) groups excluding carboxylic acids is 2. The van der Waals surface area contributed by atoms with E-state index in [0.717, 1.165) is 17.4 Å². The molecule has 0 unspecified atom stereocenters. The third kappa shape index (κ3) is 5.60. The van der Waals surface area contributed by atoms with Crippen molar-refractivity contribution in [3.8, 4) is 0 Å². The van der Waals surface area contributed by atoms with Crippen LogP contribution in [0.2, 0.25) is 0 Å². The fourth-order valence-electron chi connectivity index (χ4n) is 3.46. The number of likely N-dealkylation sites (tertiary alicyclic amines) is 1. The van der Waals surface area contributed by atoms with Gasteiger partial charge in [-0.1, -0.05) is 6.07 Å². The lowest BCUT2D eigenvalue weighted by atomic mass is 10.0. The van der Waals surface area contributed by atoms with Gasteiger partial charge < -0.3 is 10.2 Å². The number of sulfonamides is 1. The first-order valence-electron chi connectivity index (χ1n) is 9.87. The zero-order chi connectivity index (χ0) is 21.9. The summed E-state index contributed by atoms with van der Waals surface area (Å²) in [5.74, 6) is -0.184. The van der Waals surface area contributed by atoms with Gasteiger partial charge in [0.05, 0.1) is 6.26 Å². The molecule has 8 heteroatoms. The summed E-state index contributed by atoms with van der Waals surface area (Å²) >= 11 is 0. The Morgan fingerprint density at radius 1 is 0.933 bits per heavy atom. The number of hydrogen-bond acceptors (Lipinski definition) is 4. The van der Waals surface area contributed by atoms with Crippen molar-refractivity contribution in [1.82, 2.24) is 10.2 Å². The van der Waals surface area contributed by atoms with E-state index in [2.05, 4.69) is 10.0 Å². The van der Waals surface area contributed by atoms with E-state index in [0.29, 0.717) is 42.7 Å².